The van der Waals surface area contributed by atoms with Crippen LogP contribution in [0.15, 0.2) is 0 Å². The summed E-state index contributed by atoms with van der Waals surface area (Å²) in [6.07, 6.45) is 4.07. The van der Waals surface area contributed by atoms with Gasteiger partial charge < -0.3 is 10.5 Å². The van der Waals surface area contributed by atoms with Crippen LogP contribution in [-0.4, -0.2) is 22.0 Å². The van der Waals surface area contributed by atoms with Crippen molar-refractivity contribution in [2.75, 3.05) is 6.54 Å². The molecule has 0 aliphatic rings. The molecule has 2 N–H and O–H groups in total. The number of esters is 1. The molecule has 0 fully saturated rings. The van der Waals surface area contributed by atoms with Gasteiger partial charge in [0.05, 0.1) is 0 Å². The number of carbonyl (C=O) groups excluding carboxylic acids is 1. The Balaban J connectivity index is 3.70. The minimum absolute atomic E-state index is 0.0281. The van der Waals surface area contributed by atoms with Crippen molar-refractivity contribution in [3.05, 3.63) is 0 Å². The highest BCUT2D eigenvalue weighted by atomic mass is 127. The van der Waals surface area contributed by atoms with Gasteiger partial charge in [-0.05, 0) is 40.2 Å². The number of rotatable bonds is 6. The third kappa shape index (κ3) is 9.11. The highest BCUT2D eigenvalue weighted by Gasteiger charge is 2.22. The molecule has 0 radical (unpaired) electrons. The lowest BCUT2D eigenvalue weighted by atomic mass is 10.1. The lowest BCUT2D eigenvalue weighted by Crippen LogP contribution is -2.28. The summed E-state index contributed by atoms with van der Waals surface area (Å²) in [7, 11) is 0. The highest BCUT2D eigenvalue weighted by Crippen LogP contribution is 2.17. The SMILES string of the molecule is CC(C)(C)OC(=O)C(I)CCCCCN. The van der Waals surface area contributed by atoms with Gasteiger partial charge in [-0.15, -0.1) is 0 Å². The maximum absolute atomic E-state index is 11.6. The summed E-state index contributed by atoms with van der Waals surface area (Å²) in [5.74, 6) is -0.101. The number of hydrogen-bond donors (Lipinski definition) is 1. The lowest BCUT2D eigenvalue weighted by Gasteiger charge is -2.21. The summed E-state index contributed by atoms with van der Waals surface area (Å²) >= 11 is 2.15. The molecule has 0 aliphatic carbocycles. The fourth-order valence-electron chi connectivity index (χ4n) is 1.13. The molecule has 0 bridgehead atoms. The molecule has 0 spiro atoms. The van der Waals surface area contributed by atoms with Crippen LogP contribution in [0.5, 0.6) is 0 Å². The molecule has 0 heterocycles. The molecule has 0 saturated carbocycles. The van der Waals surface area contributed by atoms with Crippen LogP contribution in [0.2, 0.25) is 0 Å². The van der Waals surface area contributed by atoms with E-state index in [0.29, 0.717) is 0 Å². The Morgan fingerprint density at radius 1 is 1.33 bits per heavy atom. The van der Waals surface area contributed by atoms with Gasteiger partial charge in [0.25, 0.3) is 0 Å². The molecule has 1 atom stereocenters. The van der Waals surface area contributed by atoms with Gasteiger partial charge in [0.15, 0.2) is 0 Å². The van der Waals surface area contributed by atoms with Crippen molar-refractivity contribution < 1.29 is 9.53 Å². The summed E-state index contributed by atoms with van der Waals surface area (Å²) < 4.78 is 5.26. The van der Waals surface area contributed by atoms with E-state index in [9.17, 15) is 4.79 Å². The van der Waals surface area contributed by atoms with Gasteiger partial charge in [-0.2, -0.15) is 0 Å². The van der Waals surface area contributed by atoms with Gasteiger partial charge in [-0.1, -0.05) is 35.4 Å². The maximum atomic E-state index is 11.6. The summed E-state index contributed by atoms with van der Waals surface area (Å²) in [6, 6.07) is 0. The molecule has 0 aliphatic heterocycles. The van der Waals surface area contributed by atoms with Gasteiger partial charge in [0.1, 0.15) is 9.53 Å². The molecule has 0 aromatic heterocycles. The van der Waals surface area contributed by atoms with E-state index in [0.717, 1.165) is 32.2 Å². The van der Waals surface area contributed by atoms with E-state index in [4.69, 9.17) is 10.5 Å². The average Bonchev–Trinajstić information content (AvgIpc) is 2.09. The van der Waals surface area contributed by atoms with E-state index in [1.165, 1.54) is 0 Å². The fourth-order valence-corrected chi connectivity index (χ4v) is 1.70. The van der Waals surface area contributed by atoms with E-state index < -0.39 is 0 Å². The standard InChI is InChI=1S/C11H22INO2/c1-11(2,3)15-10(14)9(12)7-5-4-6-8-13/h9H,4-8,13H2,1-3H3. The van der Waals surface area contributed by atoms with Crippen molar-refractivity contribution in [3.63, 3.8) is 0 Å². The van der Waals surface area contributed by atoms with Gasteiger partial charge in [-0.3, -0.25) is 4.79 Å². The van der Waals surface area contributed by atoms with Gasteiger partial charge >= 0.3 is 5.97 Å². The Hall–Kier alpha value is 0.160. The van der Waals surface area contributed by atoms with Crippen LogP contribution in [0, 0.1) is 0 Å². The van der Waals surface area contributed by atoms with Gasteiger partial charge in [0.2, 0.25) is 0 Å². The molecule has 4 heteroatoms. The summed E-state index contributed by atoms with van der Waals surface area (Å²) in [4.78, 5) is 11.6. The largest absolute Gasteiger partial charge is 0.459 e. The lowest BCUT2D eigenvalue weighted by molar-refractivity contribution is -0.153. The Bertz CT molecular complexity index is 190. The number of hydrogen-bond acceptors (Lipinski definition) is 3. The molecule has 3 nitrogen and oxygen atoms in total. The normalized spacial score (nSPS) is 13.7. The van der Waals surface area contributed by atoms with Crippen molar-refractivity contribution >= 4 is 28.6 Å². The van der Waals surface area contributed by atoms with Crippen molar-refractivity contribution in [1.82, 2.24) is 0 Å². The number of carbonyl (C=O) groups is 1. The fraction of sp³-hybridized carbons (Fsp3) is 0.909. The Morgan fingerprint density at radius 3 is 2.40 bits per heavy atom. The first-order valence-corrected chi connectivity index (χ1v) is 6.68. The number of halogens is 1. The van der Waals surface area contributed by atoms with Crippen LogP contribution >= 0.6 is 22.6 Å². The summed E-state index contributed by atoms with van der Waals surface area (Å²) in [5, 5.41) is 0. The number of alkyl halides is 1. The maximum Gasteiger partial charge on any atom is 0.319 e. The zero-order valence-corrected chi connectivity index (χ0v) is 12.0. The molecule has 1 unspecified atom stereocenters. The smallest absolute Gasteiger partial charge is 0.319 e. The first kappa shape index (κ1) is 15.2. The molecule has 90 valence electrons. The number of unbranched alkanes of at least 4 members (excludes halogenated alkanes) is 2. The summed E-state index contributed by atoms with van der Waals surface area (Å²) in [6.45, 7) is 6.41. The van der Waals surface area contributed by atoms with Crippen LogP contribution in [-0.2, 0) is 9.53 Å². The first-order chi connectivity index (χ1) is 6.87. The van der Waals surface area contributed by atoms with Crippen molar-refractivity contribution in [3.8, 4) is 0 Å². The minimum atomic E-state index is -0.377. The third-order valence-electron chi connectivity index (χ3n) is 1.82. The van der Waals surface area contributed by atoms with E-state index in [1.807, 2.05) is 20.8 Å². The third-order valence-corrected chi connectivity index (χ3v) is 2.96. The highest BCUT2D eigenvalue weighted by molar-refractivity contribution is 14.1. The topological polar surface area (TPSA) is 52.3 Å². The Kier molecular flexibility index (Phi) is 7.52. The molecular weight excluding hydrogens is 305 g/mol. The predicted molar refractivity (Wildman–Crippen MR) is 71.2 cm³/mol. The molecule has 15 heavy (non-hydrogen) atoms. The second kappa shape index (κ2) is 7.44. The van der Waals surface area contributed by atoms with Crippen LogP contribution in [0.3, 0.4) is 0 Å². The van der Waals surface area contributed by atoms with Crippen molar-refractivity contribution in [2.24, 2.45) is 5.73 Å². The minimum Gasteiger partial charge on any atom is -0.459 e. The molecule has 0 amide bonds. The average molecular weight is 327 g/mol. The van der Waals surface area contributed by atoms with E-state index in [1.54, 1.807) is 0 Å². The first-order valence-electron chi connectivity index (χ1n) is 5.44. The Labute approximate surface area is 106 Å². The quantitative estimate of drug-likeness (QED) is 0.353. The molecule has 0 aromatic carbocycles. The van der Waals surface area contributed by atoms with E-state index >= 15 is 0 Å². The molecule has 0 aromatic rings. The second-order valence-electron chi connectivity index (χ2n) is 4.64. The molecule has 0 saturated heterocycles. The monoisotopic (exact) mass is 327 g/mol. The molecule has 0 rings (SSSR count). The van der Waals surface area contributed by atoms with Crippen LogP contribution < -0.4 is 5.73 Å². The zero-order chi connectivity index (χ0) is 11.9. The van der Waals surface area contributed by atoms with Gasteiger partial charge in [0, 0.05) is 0 Å². The number of nitrogens with two attached hydrogens (primary N) is 1. The van der Waals surface area contributed by atoms with E-state index in [-0.39, 0.29) is 15.5 Å². The van der Waals surface area contributed by atoms with Crippen LogP contribution in [0.1, 0.15) is 46.5 Å². The zero-order valence-electron chi connectivity index (χ0n) is 9.88. The predicted octanol–water partition coefficient (Wildman–Crippen LogP) is 2.65. The van der Waals surface area contributed by atoms with Crippen molar-refractivity contribution in [2.45, 2.75) is 56.0 Å². The number of ether oxygens (including phenoxy) is 1. The van der Waals surface area contributed by atoms with Crippen molar-refractivity contribution in [1.29, 1.82) is 0 Å². The van der Waals surface area contributed by atoms with E-state index in [2.05, 4.69) is 22.6 Å². The second-order valence-corrected chi connectivity index (χ2v) is 6.14. The van der Waals surface area contributed by atoms with Crippen LogP contribution in [0.4, 0.5) is 0 Å². The van der Waals surface area contributed by atoms with Gasteiger partial charge in [-0.25, -0.2) is 0 Å². The van der Waals surface area contributed by atoms with Crippen LogP contribution in [0.25, 0.3) is 0 Å². The summed E-state index contributed by atoms with van der Waals surface area (Å²) in [5.41, 5.74) is 5.02. The Morgan fingerprint density at radius 2 is 1.93 bits per heavy atom. The molecular formula is C11H22INO2.